The molecule has 120 valence electrons. The van der Waals surface area contributed by atoms with Gasteiger partial charge in [-0.25, -0.2) is 9.59 Å². The predicted octanol–water partition coefficient (Wildman–Crippen LogP) is 2.71. The lowest BCUT2D eigenvalue weighted by Crippen LogP contribution is -2.54. The molecule has 1 heterocycles. The summed E-state index contributed by atoms with van der Waals surface area (Å²) in [4.78, 5) is 25.5. The van der Waals surface area contributed by atoms with Crippen molar-refractivity contribution in [3.8, 4) is 0 Å². The van der Waals surface area contributed by atoms with Crippen molar-refractivity contribution in [2.24, 2.45) is 17.8 Å². The molecule has 1 saturated heterocycles. The second-order valence-electron chi connectivity index (χ2n) is 6.69. The molecule has 0 aromatic heterocycles. The Morgan fingerprint density at radius 2 is 1.90 bits per heavy atom. The van der Waals surface area contributed by atoms with Crippen molar-refractivity contribution in [2.45, 2.75) is 58.4 Å². The number of carbonyl (C=O) groups excluding carboxylic acids is 1. The number of carboxylic acids is 1. The van der Waals surface area contributed by atoms with Crippen LogP contribution in [0.5, 0.6) is 0 Å². The maximum absolute atomic E-state index is 12.4. The molecule has 5 nitrogen and oxygen atoms in total. The molecule has 1 aliphatic carbocycles. The van der Waals surface area contributed by atoms with Crippen LogP contribution in [0.2, 0.25) is 0 Å². The predicted molar refractivity (Wildman–Crippen MR) is 81.0 cm³/mol. The van der Waals surface area contributed by atoms with Gasteiger partial charge in [0.2, 0.25) is 0 Å². The first kappa shape index (κ1) is 16.1. The molecule has 2 rings (SSSR count). The first-order chi connectivity index (χ1) is 10.0. The fraction of sp³-hybridized carbons (Fsp3) is 0.875. The Hall–Kier alpha value is -1.26. The Balaban J connectivity index is 1.92. The number of carboxylic acid groups (broad SMARTS) is 1. The molecule has 21 heavy (non-hydrogen) atoms. The lowest BCUT2D eigenvalue weighted by Gasteiger charge is -2.41. The minimum absolute atomic E-state index is 0.0568. The van der Waals surface area contributed by atoms with Gasteiger partial charge in [-0.05, 0) is 30.6 Å². The molecule has 4 unspecified atom stereocenters. The van der Waals surface area contributed by atoms with Crippen LogP contribution in [0.25, 0.3) is 0 Å². The summed E-state index contributed by atoms with van der Waals surface area (Å²) < 4.78 is 0. The number of urea groups is 1. The van der Waals surface area contributed by atoms with Crippen LogP contribution in [0.1, 0.15) is 52.4 Å². The van der Waals surface area contributed by atoms with Gasteiger partial charge in [-0.3, -0.25) is 0 Å². The lowest BCUT2D eigenvalue weighted by molar-refractivity contribution is -0.140. The second-order valence-corrected chi connectivity index (χ2v) is 6.69. The van der Waals surface area contributed by atoms with Crippen molar-refractivity contribution in [3.63, 3.8) is 0 Å². The lowest BCUT2D eigenvalue weighted by atomic mass is 9.75. The summed E-state index contributed by atoms with van der Waals surface area (Å²) in [5, 5.41) is 12.0. The number of hydrogen-bond acceptors (Lipinski definition) is 2. The summed E-state index contributed by atoms with van der Waals surface area (Å²) in [6.45, 7) is 5.37. The highest BCUT2D eigenvalue weighted by atomic mass is 16.4. The number of hydrogen-bond donors (Lipinski definition) is 2. The van der Waals surface area contributed by atoms with E-state index in [0.29, 0.717) is 5.92 Å². The molecule has 5 heteroatoms. The Morgan fingerprint density at radius 3 is 2.52 bits per heavy atom. The summed E-state index contributed by atoms with van der Waals surface area (Å²) >= 11 is 0. The van der Waals surface area contributed by atoms with Crippen LogP contribution in [0.3, 0.4) is 0 Å². The summed E-state index contributed by atoms with van der Waals surface area (Å²) in [5.41, 5.74) is 0. The molecule has 2 aliphatic rings. The number of fused-ring (bicyclic) bond motifs is 1. The number of rotatable bonds is 4. The van der Waals surface area contributed by atoms with Crippen LogP contribution < -0.4 is 5.32 Å². The summed E-state index contributed by atoms with van der Waals surface area (Å²) in [6.07, 6.45) is 6.90. The molecule has 2 N–H and O–H groups in total. The minimum Gasteiger partial charge on any atom is -0.480 e. The van der Waals surface area contributed by atoms with Gasteiger partial charge in [0.25, 0.3) is 0 Å². The Labute approximate surface area is 127 Å². The Morgan fingerprint density at radius 1 is 1.24 bits per heavy atom. The van der Waals surface area contributed by atoms with Gasteiger partial charge in [-0.15, -0.1) is 0 Å². The van der Waals surface area contributed by atoms with E-state index >= 15 is 0 Å². The zero-order chi connectivity index (χ0) is 15.4. The third-order valence-electron chi connectivity index (χ3n) is 5.34. The zero-order valence-corrected chi connectivity index (χ0v) is 13.2. The van der Waals surface area contributed by atoms with Crippen LogP contribution in [-0.4, -0.2) is 41.1 Å². The molecule has 0 spiro atoms. The first-order valence-electron chi connectivity index (χ1n) is 8.31. The summed E-state index contributed by atoms with van der Waals surface area (Å²) in [7, 11) is 0. The summed E-state index contributed by atoms with van der Waals surface area (Å²) in [6, 6.07) is -0.988. The van der Waals surface area contributed by atoms with Gasteiger partial charge >= 0.3 is 12.0 Å². The van der Waals surface area contributed by atoms with E-state index in [9.17, 15) is 14.7 Å². The normalized spacial score (nSPS) is 28.4. The third kappa shape index (κ3) is 3.89. The molecule has 0 aromatic carbocycles. The van der Waals surface area contributed by atoms with Crippen molar-refractivity contribution in [1.82, 2.24) is 10.2 Å². The van der Waals surface area contributed by atoms with Crippen molar-refractivity contribution < 1.29 is 14.7 Å². The van der Waals surface area contributed by atoms with Gasteiger partial charge in [-0.2, -0.15) is 0 Å². The monoisotopic (exact) mass is 296 g/mol. The van der Waals surface area contributed by atoms with Crippen LogP contribution in [-0.2, 0) is 4.79 Å². The number of nitrogens with one attached hydrogen (secondary N) is 1. The first-order valence-corrected chi connectivity index (χ1v) is 8.31. The highest BCUT2D eigenvalue weighted by Crippen LogP contribution is 2.36. The topological polar surface area (TPSA) is 69.6 Å². The average Bonchev–Trinajstić information content (AvgIpc) is 2.50. The van der Waals surface area contributed by atoms with E-state index in [2.05, 4.69) is 5.32 Å². The molecule has 0 bridgehead atoms. The number of piperidine rings is 1. The van der Waals surface area contributed by atoms with Crippen LogP contribution in [0.15, 0.2) is 0 Å². The van der Waals surface area contributed by atoms with Gasteiger partial charge in [0.15, 0.2) is 0 Å². The van der Waals surface area contributed by atoms with E-state index in [1.54, 1.807) is 0 Å². The minimum atomic E-state index is -0.940. The number of aliphatic carboxylic acids is 1. The fourth-order valence-corrected chi connectivity index (χ4v) is 3.69. The number of likely N-dealkylation sites (tertiary alicyclic amines) is 1. The van der Waals surface area contributed by atoms with Crippen LogP contribution in [0, 0.1) is 17.8 Å². The van der Waals surface area contributed by atoms with E-state index in [1.807, 2.05) is 18.7 Å². The van der Waals surface area contributed by atoms with E-state index < -0.39 is 12.0 Å². The van der Waals surface area contributed by atoms with Crippen molar-refractivity contribution in [1.29, 1.82) is 0 Å². The van der Waals surface area contributed by atoms with Gasteiger partial charge in [0.05, 0.1) is 0 Å². The number of carbonyl (C=O) groups is 2. The highest BCUT2D eigenvalue weighted by molar-refractivity contribution is 5.82. The van der Waals surface area contributed by atoms with Crippen LogP contribution in [0.4, 0.5) is 4.79 Å². The molecule has 0 radical (unpaired) electrons. The maximum Gasteiger partial charge on any atom is 0.326 e. The molecule has 1 saturated carbocycles. The second kappa shape index (κ2) is 7.14. The maximum atomic E-state index is 12.4. The zero-order valence-electron chi connectivity index (χ0n) is 13.2. The van der Waals surface area contributed by atoms with Crippen molar-refractivity contribution in [2.75, 3.05) is 13.1 Å². The van der Waals surface area contributed by atoms with Crippen molar-refractivity contribution in [3.05, 3.63) is 0 Å². The Kier molecular flexibility index (Phi) is 5.48. The van der Waals surface area contributed by atoms with Gasteiger partial charge in [-0.1, -0.05) is 39.5 Å². The van der Waals surface area contributed by atoms with Crippen molar-refractivity contribution >= 4 is 12.0 Å². The average molecular weight is 296 g/mol. The molecule has 1 aliphatic heterocycles. The third-order valence-corrected chi connectivity index (χ3v) is 5.34. The van der Waals surface area contributed by atoms with E-state index in [-0.39, 0.29) is 11.9 Å². The van der Waals surface area contributed by atoms with E-state index in [4.69, 9.17) is 0 Å². The smallest absolute Gasteiger partial charge is 0.326 e. The van der Waals surface area contributed by atoms with Crippen LogP contribution >= 0.6 is 0 Å². The molecule has 2 amide bonds. The fourth-order valence-electron chi connectivity index (χ4n) is 3.69. The molecular weight excluding hydrogens is 268 g/mol. The molecule has 4 atom stereocenters. The number of nitrogens with zero attached hydrogens (tertiary/aromatic N) is 1. The standard InChI is InChI=1S/C16H28N2O3/c1-3-11(2)14(15(19)20)17-16(21)18-9-8-12-6-4-5-7-13(12)10-18/h11-14H,3-10H2,1-2H3,(H,17,21)(H,19,20). The van der Waals surface area contributed by atoms with Gasteiger partial charge < -0.3 is 15.3 Å². The van der Waals surface area contributed by atoms with E-state index in [0.717, 1.165) is 31.8 Å². The SMILES string of the molecule is CCC(C)C(NC(=O)N1CCC2CCCCC2C1)C(=O)O. The van der Waals surface area contributed by atoms with Gasteiger partial charge in [0.1, 0.15) is 6.04 Å². The molecule has 2 fully saturated rings. The van der Waals surface area contributed by atoms with Gasteiger partial charge in [0, 0.05) is 13.1 Å². The number of amides is 2. The summed E-state index contributed by atoms with van der Waals surface area (Å²) in [5.74, 6) is 0.390. The highest BCUT2D eigenvalue weighted by Gasteiger charge is 2.34. The molecular formula is C16H28N2O3. The quantitative estimate of drug-likeness (QED) is 0.838. The Bertz CT molecular complexity index is 386. The molecule has 0 aromatic rings. The largest absolute Gasteiger partial charge is 0.480 e. The van der Waals surface area contributed by atoms with E-state index in [1.165, 1.54) is 25.7 Å².